The Balaban J connectivity index is 2.19. The molecule has 0 spiro atoms. The second-order valence-electron chi connectivity index (χ2n) is 7.45. The van der Waals surface area contributed by atoms with Crippen LogP contribution in [0.2, 0.25) is 0 Å². The zero-order valence-electron chi connectivity index (χ0n) is 14.0. The predicted octanol–water partition coefficient (Wildman–Crippen LogP) is 2.43. The highest BCUT2D eigenvalue weighted by Crippen LogP contribution is 2.21. The normalized spacial score (nSPS) is 22.4. The molecular weight excluding hydrogens is 234 g/mol. The molecule has 1 rings (SSSR count). The summed E-state index contributed by atoms with van der Waals surface area (Å²) in [5.41, 5.74) is 0.372. The molecule has 1 heterocycles. The van der Waals surface area contributed by atoms with Gasteiger partial charge < -0.3 is 15.1 Å². The van der Waals surface area contributed by atoms with Gasteiger partial charge >= 0.3 is 0 Å². The van der Waals surface area contributed by atoms with Crippen molar-refractivity contribution in [1.82, 2.24) is 15.1 Å². The van der Waals surface area contributed by atoms with Crippen LogP contribution in [-0.4, -0.2) is 61.7 Å². The molecular formula is C16H35N3. The van der Waals surface area contributed by atoms with Crippen molar-refractivity contribution in [2.75, 3.05) is 39.8 Å². The van der Waals surface area contributed by atoms with Crippen molar-refractivity contribution in [3.8, 4) is 0 Å². The van der Waals surface area contributed by atoms with E-state index in [0.29, 0.717) is 17.5 Å². The van der Waals surface area contributed by atoms with Gasteiger partial charge in [0.15, 0.2) is 0 Å². The maximum absolute atomic E-state index is 3.66. The van der Waals surface area contributed by atoms with Gasteiger partial charge in [-0.3, -0.25) is 0 Å². The molecule has 0 aliphatic carbocycles. The van der Waals surface area contributed by atoms with Crippen molar-refractivity contribution in [3.05, 3.63) is 0 Å². The highest BCUT2D eigenvalue weighted by molar-refractivity contribution is 4.87. The fraction of sp³-hybridized carbons (Fsp3) is 1.00. The summed E-state index contributed by atoms with van der Waals surface area (Å²) >= 11 is 0. The summed E-state index contributed by atoms with van der Waals surface area (Å²) in [7, 11) is 2.23. The van der Waals surface area contributed by atoms with Crippen molar-refractivity contribution in [3.63, 3.8) is 0 Å². The van der Waals surface area contributed by atoms with Crippen LogP contribution in [0.15, 0.2) is 0 Å². The summed E-state index contributed by atoms with van der Waals surface area (Å²) in [6.45, 7) is 17.6. The molecule has 0 aromatic heterocycles. The average molecular weight is 269 g/mol. The minimum Gasteiger partial charge on any atom is -0.311 e. The van der Waals surface area contributed by atoms with Gasteiger partial charge in [0.1, 0.15) is 0 Å². The van der Waals surface area contributed by atoms with Gasteiger partial charge in [-0.2, -0.15) is 0 Å². The Kier molecular flexibility index (Phi) is 6.78. The lowest BCUT2D eigenvalue weighted by Gasteiger charge is -2.40. The molecule has 0 bridgehead atoms. The standard InChI is InChI=1S/C16H35N3/c1-14(2)18(6)10-7-8-11-19-12-9-17-15(13-19)16(3,4)5/h14-15,17H,7-13H2,1-6H3. The Hall–Kier alpha value is -0.120. The van der Waals surface area contributed by atoms with Crippen LogP contribution in [-0.2, 0) is 0 Å². The quantitative estimate of drug-likeness (QED) is 0.747. The number of nitrogens with one attached hydrogen (secondary N) is 1. The van der Waals surface area contributed by atoms with Gasteiger partial charge in [0, 0.05) is 31.7 Å². The molecule has 0 aromatic carbocycles. The second-order valence-corrected chi connectivity index (χ2v) is 7.45. The minimum atomic E-state index is 0.372. The zero-order chi connectivity index (χ0) is 14.5. The first-order valence-corrected chi connectivity index (χ1v) is 7.96. The lowest BCUT2D eigenvalue weighted by Crippen LogP contribution is -2.55. The van der Waals surface area contributed by atoms with Crippen molar-refractivity contribution in [2.24, 2.45) is 5.41 Å². The number of piperazine rings is 1. The minimum absolute atomic E-state index is 0.372. The average Bonchev–Trinajstić information content (AvgIpc) is 2.33. The van der Waals surface area contributed by atoms with E-state index < -0.39 is 0 Å². The maximum Gasteiger partial charge on any atom is 0.0244 e. The fourth-order valence-corrected chi connectivity index (χ4v) is 2.55. The third-order valence-corrected chi connectivity index (χ3v) is 4.42. The van der Waals surface area contributed by atoms with Crippen LogP contribution in [0.3, 0.4) is 0 Å². The number of unbranched alkanes of at least 4 members (excludes halogenated alkanes) is 1. The van der Waals surface area contributed by atoms with Crippen LogP contribution in [0.25, 0.3) is 0 Å². The molecule has 19 heavy (non-hydrogen) atoms. The van der Waals surface area contributed by atoms with Gasteiger partial charge in [-0.05, 0) is 52.2 Å². The lowest BCUT2D eigenvalue weighted by atomic mass is 9.85. The predicted molar refractivity (Wildman–Crippen MR) is 84.7 cm³/mol. The molecule has 0 aromatic rings. The van der Waals surface area contributed by atoms with Gasteiger partial charge in [-0.15, -0.1) is 0 Å². The van der Waals surface area contributed by atoms with Crippen LogP contribution in [0.5, 0.6) is 0 Å². The Bertz CT molecular complexity index is 245. The third-order valence-electron chi connectivity index (χ3n) is 4.42. The summed E-state index contributed by atoms with van der Waals surface area (Å²) in [5.74, 6) is 0. The van der Waals surface area contributed by atoms with E-state index in [1.165, 1.54) is 39.0 Å². The van der Waals surface area contributed by atoms with Gasteiger partial charge in [-0.25, -0.2) is 0 Å². The highest BCUT2D eigenvalue weighted by Gasteiger charge is 2.28. The van der Waals surface area contributed by atoms with Crippen molar-refractivity contribution >= 4 is 0 Å². The van der Waals surface area contributed by atoms with Crippen LogP contribution in [0, 0.1) is 5.41 Å². The highest BCUT2D eigenvalue weighted by atomic mass is 15.2. The van der Waals surface area contributed by atoms with E-state index in [1.54, 1.807) is 0 Å². The van der Waals surface area contributed by atoms with Gasteiger partial charge in [0.25, 0.3) is 0 Å². The van der Waals surface area contributed by atoms with E-state index >= 15 is 0 Å². The first kappa shape index (κ1) is 16.9. The van der Waals surface area contributed by atoms with Crippen LogP contribution >= 0.6 is 0 Å². The lowest BCUT2D eigenvalue weighted by molar-refractivity contribution is 0.131. The number of hydrogen-bond donors (Lipinski definition) is 1. The SMILES string of the molecule is CC(C)N(C)CCCCN1CCNC(C(C)(C)C)C1. The summed E-state index contributed by atoms with van der Waals surface area (Å²) < 4.78 is 0. The topological polar surface area (TPSA) is 18.5 Å². The molecule has 1 saturated heterocycles. The molecule has 1 fully saturated rings. The fourth-order valence-electron chi connectivity index (χ4n) is 2.55. The molecule has 0 radical (unpaired) electrons. The molecule has 1 aliphatic heterocycles. The van der Waals surface area contributed by atoms with Crippen LogP contribution < -0.4 is 5.32 Å². The van der Waals surface area contributed by atoms with Crippen LogP contribution in [0.1, 0.15) is 47.5 Å². The Morgan fingerprint density at radius 3 is 2.53 bits per heavy atom. The van der Waals surface area contributed by atoms with E-state index in [0.717, 1.165) is 6.54 Å². The van der Waals surface area contributed by atoms with Crippen molar-refractivity contribution < 1.29 is 0 Å². The summed E-state index contributed by atoms with van der Waals surface area (Å²) in [5, 5.41) is 3.66. The van der Waals surface area contributed by atoms with Crippen molar-refractivity contribution in [1.29, 1.82) is 0 Å². The molecule has 1 N–H and O–H groups in total. The first-order valence-electron chi connectivity index (χ1n) is 7.96. The summed E-state index contributed by atoms with van der Waals surface area (Å²) in [6, 6.07) is 1.31. The monoisotopic (exact) mass is 269 g/mol. The number of rotatable bonds is 6. The molecule has 1 atom stereocenters. The Morgan fingerprint density at radius 2 is 1.95 bits per heavy atom. The number of nitrogens with zero attached hydrogens (tertiary/aromatic N) is 2. The van der Waals surface area contributed by atoms with Gasteiger partial charge in [-0.1, -0.05) is 20.8 Å². The summed E-state index contributed by atoms with van der Waals surface area (Å²) in [4.78, 5) is 5.08. The summed E-state index contributed by atoms with van der Waals surface area (Å²) in [6.07, 6.45) is 2.65. The van der Waals surface area contributed by atoms with E-state index in [4.69, 9.17) is 0 Å². The van der Waals surface area contributed by atoms with Crippen molar-refractivity contribution in [2.45, 2.75) is 59.5 Å². The van der Waals surface area contributed by atoms with E-state index in [9.17, 15) is 0 Å². The van der Waals surface area contributed by atoms with Crippen LogP contribution in [0.4, 0.5) is 0 Å². The smallest absolute Gasteiger partial charge is 0.0244 e. The zero-order valence-corrected chi connectivity index (χ0v) is 14.0. The molecule has 1 aliphatic rings. The largest absolute Gasteiger partial charge is 0.311 e. The molecule has 1 unspecified atom stereocenters. The number of hydrogen-bond acceptors (Lipinski definition) is 3. The first-order chi connectivity index (χ1) is 8.80. The molecule has 3 nitrogen and oxygen atoms in total. The Morgan fingerprint density at radius 1 is 1.26 bits per heavy atom. The van der Waals surface area contributed by atoms with E-state index in [1.807, 2.05) is 0 Å². The second kappa shape index (κ2) is 7.61. The van der Waals surface area contributed by atoms with E-state index in [-0.39, 0.29) is 0 Å². The molecule has 114 valence electrons. The molecule has 3 heteroatoms. The molecule has 0 saturated carbocycles. The molecule has 0 amide bonds. The van der Waals surface area contributed by atoms with E-state index in [2.05, 4.69) is 56.8 Å². The maximum atomic E-state index is 3.66. The van der Waals surface area contributed by atoms with Gasteiger partial charge in [0.05, 0.1) is 0 Å². The van der Waals surface area contributed by atoms with Gasteiger partial charge in [0.2, 0.25) is 0 Å². The Labute approximate surface area is 120 Å². The third kappa shape index (κ3) is 6.24.